The van der Waals surface area contributed by atoms with Crippen molar-refractivity contribution in [2.75, 3.05) is 0 Å². The van der Waals surface area contributed by atoms with E-state index in [-0.39, 0.29) is 5.92 Å². The molecule has 0 aromatic heterocycles. The van der Waals surface area contributed by atoms with E-state index in [2.05, 4.69) is 0 Å². The Morgan fingerprint density at radius 2 is 2.14 bits per heavy atom. The molecule has 1 aliphatic carbocycles. The summed E-state index contributed by atoms with van der Waals surface area (Å²) in [7, 11) is 0. The lowest BCUT2D eigenvalue weighted by molar-refractivity contribution is -0.134. The molecule has 0 saturated heterocycles. The molecular weight excluding hydrogens is 183 g/mol. The zero-order chi connectivity index (χ0) is 10.7. The van der Waals surface area contributed by atoms with Crippen LogP contribution in [0.15, 0.2) is 11.4 Å². The highest BCUT2D eigenvalue weighted by Gasteiger charge is 2.27. The molecule has 0 bridgehead atoms. The van der Waals surface area contributed by atoms with Crippen LogP contribution in [0, 0.1) is 11.8 Å². The predicted octanol–water partition coefficient (Wildman–Crippen LogP) is 3.14. The van der Waals surface area contributed by atoms with Gasteiger partial charge in [-0.1, -0.05) is 20.3 Å². The fraction of sp³-hybridized carbons (Fsp3) is 0.727. The SMILES string of the molecule is CC(C)C1CCCCC1=C(F)C(=O)O. The highest BCUT2D eigenvalue weighted by Crippen LogP contribution is 2.36. The molecule has 2 nitrogen and oxygen atoms in total. The Labute approximate surface area is 83.8 Å². The summed E-state index contributed by atoms with van der Waals surface area (Å²) < 4.78 is 13.3. The van der Waals surface area contributed by atoms with Gasteiger partial charge in [-0.2, -0.15) is 4.39 Å². The van der Waals surface area contributed by atoms with Crippen molar-refractivity contribution in [1.82, 2.24) is 0 Å². The van der Waals surface area contributed by atoms with Crippen LogP contribution in [0.25, 0.3) is 0 Å². The fourth-order valence-corrected chi connectivity index (χ4v) is 2.18. The summed E-state index contributed by atoms with van der Waals surface area (Å²) in [6.45, 7) is 4.04. The Kier molecular flexibility index (Phi) is 3.67. The summed E-state index contributed by atoms with van der Waals surface area (Å²) in [5.41, 5.74) is 0.527. The Balaban J connectivity index is 2.92. The van der Waals surface area contributed by atoms with Crippen LogP contribution < -0.4 is 0 Å². The Morgan fingerprint density at radius 3 is 2.64 bits per heavy atom. The third kappa shape index (κ3) is 2.34. The molecule has 1 aliphatic rings. The molecule has 0 amide bonds. The van der Waals surface area contributed by atoms with Gasteiger partial charge in [-0.3, -0.25) is 0 Å². The largest absolute Gasteiger partial charge is 0.476 e. The number of hydrogen-bond donors (Lipinski definition) is 1. The Hall–Kier alpha value is -0.860. The van der Waals surface area contributed by atoms with Crippen LogP contribution in [0.4, 0.5) is 4.39 Å². The van der Waals surface area contributed by atoms with Gasteiger partial charge in [0.15, 0.2) is 0 Å². The lowest BCUT2D eigenvalue weighted by Crippen LogP contribution is -2.19. The number of carbonyl (C=O) groups is 1. The van der Waals surface area contributed by atoms with Gasteiger partial charge in [0, 0.05) is 0 Å². The molecule has 0 spiro atoms. The van der Waals surface area contributed by atoms with Gasteiger partial charge in [-0.15, -0.1) is 0 Å². The molecule has 80 valence electrons. The molecule has 1 unspecified atom stereocenters. The van der Waals surface area contributed by atoms with Crippen LogP contribution in [0.5, 0.6) is 0 Å². The maximum atomic E-state index is 13.3. The van der Waals surface area contributed by atoms with E-state index in [0.717, 1.165) is 19.3 Å². The van der Waals surface area contributed by atoms with Crippen LogP contribution in [0.1, 0.15) is 39.5 Å². The third-order valence-electron chi connectivity index (χ3n) is 2.93. The second-order valence-corrected chi connectivity index (χ2v) is 4.24. The number of hydrogen-bond acceptors (Lipinski definition) is 1. The van der Waals surface area contributed by atoms with Crippen molar-refractivity contribution in [3.05, 3.63) is 11.4 Å². The smallest absolute Gasteiger partial charge is 0.364 e. The van der Waals surface area contributed by atoms with E-state index in [1.165, 1.54) is 0 Å². The van der Waals surface area contributed by atoms with Crippen molar-refractivity contribution in [3.8, 4) is 0 Å². The predicted molar refractivity (Wildman–Crippen MR) is 52.6 cm³/mol. The summed E-state index contributed by atoms with van der Waals surface area (Å²) in [6, 6.07) is 0. The molecule has 1 N–H and O–H groups in total. The standard InChI is InChI=1S/C11H17FO2/c1-7(2)8-5-3-4-6-9(8)10(12)11(13)14/h7-8H,3-6H2,1-2H3,(H,13,14). The average molecular weight is 200 g/mol. The molecule has 1 fully saturated rings. The van der Waals surface area contributed by atoms with Crippen molar-refractivity contribution in [3.63, 3.8) is 0 Å². The fourth-order valence-electron chi connectivity index (χ4n) is 2.18. The molecule has 0 aliphatic heterocycles. The number of aliphatic carboxylic acids is 1. The van der Waals surface area contributed by atoms with Crippen molar-refractivity contribution >= 4 is 5.97 Å². The van der Waals surface area contributed by atoms with Gasteiger partial charge < -0.3 is 5.11 Å². The van der Waals surface area contributed by atoms with Gasteiger partial charge in [-0.25, -0.2) is 4.79 Å². The summed E-state index contributed by atoms with van der Waals surface area (Å²) in [4.78, 5) is 10.5. The second-order valence-electron chi connectivity index (χ2n) is 4.24. The van der Waals surface area contributed by atoms with E-state index in [0.29, 0.717) is 17.9 Å². The molecule has 0 radical (unpaired) electrons. The van der Waals surface area contributed by atoms with Gasteiger partial charge in [0.2, 0.25) is 5.83 Å². The molecule has 1 saturated carbocycles. The number of rotatable bonds is 2. The van der Waals surface area contributed by atoms with Gasteiger partial charge in [0.05, 0.1) is 0 Å². The first-order valence-electron chi connectivity index (χ1n) is 5.16. The van der Waals surface area contributed by atoms with Crippen LogP contribution in [0.2, 0.25) is 0 Å². The first kappa shape index (κ1) is 11.2. The number of allylic oxidation sites excluding steroid dienone is 1. The van der Waals surface area contributed by atoms with E-state index in [1.54, 1.807) is 0 Å². The van der Waals surface area contributed by atoms with Crippen LogP contribution >= 0.6 is 0 Å². The summed E-state index contributed by atoms with van der Waals surface area (Å²) in [5, 5.41) is 8.60. The number of halogens is 1. The first-order valence-corrected chi connectivity index (χ1v) is 5.16. The van der Waals surface area contributed by atoms with Crippen LogP contribution in [-0.4, -0.2) is 11.1 Å². The maximum absolute atomic E-state index is 13.3. The van der Waals surface area contributed by atoms with E-state index in [9.17, 15) is 9.18 Å². The lowest BCUT2D eigenvalue weighted by Gasteiger charge is -2.28. The Morgan fingerprint density at radius 1 is 1.50 bits per heavy atom. The average Bonchev–Trinajstić information content (AvgIpc) is 2.16. The summed E-state index contributed by atoms with van der Waals surface area (Å²) in [5.74, 6) is -1.87. The second kappa shape index (κ2) is 4.58. The zero-order valence-corrected chi connectivity index (χ0v) is 8.72. The highest BCUT2D eigenvalue weighted by atomic mass is 19.1. The molecule has 0 aromatic rings. The monoisotopic (exact) mass is 200 g/mol. The lowest BCUT2D eigenvalue weighted by atomic mass is 9.77. The van der Waals surface area contributed by atoms with Gasteiger partial charge in [-0.05, 0) is 36.7 Å². The normalized spacial score (nSPS) is 26.4. The van der Waals surface area contributed by atoms with E-state index >= 15 is 0 Å². The summed E-state index contributed by atoms with van der Waals surface area (Å²) in [6.07, 6.45) is 3.53. The van der Waals surface area contributed by atoms with Crippen molar-refractivity contribution < 1.29 is 14.3 Å². The van der Waals surface area contributed by atoms with E-state index < -0.39 is 11.8 Å². The van der Waals surface area contributed by atoms with Gasteiger partial charge in [0.1, 0.15) is 0 Å². The molecular formula is C11H17FO2. The molecule has 1 rings (SSSR count). The summed E-state index contributed by atoms with van der Waals surface area (Å²) >= 11 is 0. The minimum absolute atomic E-state index is 0.125. The highest BCUT2D eigenvalue weighted by molar-refractivity contribution is 5.85. The molecule has 0 heterocycles. The van der Waals surface area contributed by atoms with Crippen molar-refractivity contribution in [1.29, 1.82) is 0 Å². The number of carboxylic acids is 1. The first-order chi connectivity index (χ1) is 6.54. The van der Waals surface area contributed by atoms with Crippen molar-refractivity contribution in [2.24, 2.45) is 11.8 Å². The minimum atomic E-state index is -1.41. The quantitative estimate of drug-likeness (QED) is 0.695. The van der Waals surface area contributed by atoms with E-state index in [4.69, 9.17) is 5.11 Å². The number of carboxylic acid groups (broad SMARTS) is 1. The Bertz CT molecular complexity index is 256. The van der Waals surface area contributed by atoms with Crippen LogP contribution in [0.3, 0.4) is 0 Å². The van der Waals surface area contributed by atoms with E-state index in [1.807, 2.05) is 13.8 Å². The van der Waals surface area contributed by atoms with Crippen LogP contribution in [-0.2, 0) is 4.79 Å². The van der Waals surface area contributed by atoms with Gasteiger partial charge in [0.25, 0.3) is 0 Å². The van der Waals surface area contributed by atoms with Gasteiger partial charge >= 0.3 is 5.97 Å². The molecule has 3 heteroatoms. The van der Waals surface area contributed by atoms with Crippen molar-refractivity contribution in [2.45, 2.75) is 39.5 Å². The zero-order valence-electron chi connectivity index (χ0n) is 8.72. The maximum Gasteiger partial charge on any atom is 0.364 e. The minimum Gasteiger partial charge on any atom is -0.476 e. The molecule has 0 aromatic carbocycles. The molecule has 14 heavy (non-hydrogen) atoms. The molecule has 1 atom stereocenters. The topological polar surface area (TPSA) is 37.3 Å². The third-order valence-corrected chi connectivity index (χ3v) is 2.93.